The van der Waals surface area contributed by atoms with E-state index < -0.39 is 9.84 Å². The van der Waals surface area contributed by atoms with Crippen LogP contribution >= 0.6 is 24.0 Å². The lowest BCUT2D eigenvalue weighted by atomic mass is 10.4. The van der Waals surface area contributed by atoms with Crippen LogP contribution in [-0.2, 0) is 9.84 Å². The Morgan fingerprint density at radius 2 is 1.95 bits per heavy atom. The summed E-state index contributed by atoms with van der Waals surface area (Å²) in [6.45, 7) is 5.20. The Kier molecular flexibility index (Phi) is 7.61. The highest BCUT2D eigenvalue weighted by Gasteiger charge is 2.33. The van der Waals surface area contributed by atoms with Crippen LogP contribution < -0.4 is 10.6 Å². The zero-order valence-electron chi connectivity index (χ0n) is 13.0. The summed E-state index contributed by atoms with van der Waals surface area (Å²) in [6, 6.07) is 8.98. The van der Waals surface area contributed by atoms with Crippen LogP contribution in [0.5, 0.6) is 0 Å². The van der Waals surface area contributed by atoms with Gasteiger partial charge in [0.25, 0.3) is 0 Å². The Bertz CT molecular complexity index is 590. The molecule has 0 spiro atoms. The van der Waals surface area contributed by atoms with Gasteiger partial charge < -0.3 is 10.6 Å². The van der Waals surface area contributed by atoms with Gasteiger partial charge in [0.2, 0.25) is 0 Å². The van der Waals surface area contributed by atoms with Crippen LogP contribution in [-0.4, -0.2) is 39.3 Å². The molecule has 0 aromatic heterocycles. The number of halogens is 1. The van der Waals surface area contributed by atoms with E-state index in [1.54, 1.807) is 30.3 Å². The van der Waals surface area contributed by atoms with Crippen molar-refractivity contribution in [3.05, 3.63) is 30.3 Å². The molecule has 5 nitrogen and oxygen atoms in total. The van der Waals surface area contributed by atoms with Crippen molar-refractivity contribution in [3.63, 3.8) is 0 Å². The second kappa shape index (κ2) is 8.71. The summed E-state index contributed by atoms with van der Waals surface area (Å²) in [5.41, 5.74) is 0. The molecule has 0 aliphatic heterocycles. The molecule has 124 valence electrons. The number of hydrogen-bond donors (Lipinski definition) is 2. The second-order valence-corrected chi connectivity index (χ2v) is 7.47. The number of aliphatic imine (C=N–C) groups is 1. The first-order valence-corrected chi connectivity index (χ1v) is 9.01. The van der Waals surface area contributed by atoms with Gasteiger partial charge in [-0.15, -0.1) is 24.0 Å². The smallest absolute Gasteiger partial charge is 0.191 e. The van der Waals surface area contributed by atoms with E-state index in [-0.39, 0.29) is 36.3 Å². The molecule has 0 saturated heterocycles. The van der Waals surface area contributed by atoms with Crippen molar-refractivity contribution in [2.45, 2.75) is 31.2 Å². The van der Waals surface area contributed by atoms with Crippen molar-refractivity contribution in [1.82, 2.24) is 10.6 Å². The molecule has 2 N–H and O–H groups in total. The standard InChI is InChI=1S/C15H23N3O2S.HI/c1-3-16-15(18-14-11-12(14)2)17-9-10-21(19,20)13-7-5-4-6-8-13;/h4-8,12,14H,3,9-11H2,1-2H3,(H2,16,17,18);1H. The lowest BCUT2D eigenvalue weighted by Gasteiger charge is -2.10. The Labute approximate surface area is 149 Å². The number of nitrogens with zero attached hydrogens (tertiary/aromatic N) is 1. The molecule has 1 aromatic rings. The molecule has 0 heterocycles. The number of nitrogens with one attached hydrogen (secondary N) is 2. The Hall–Kier alpha value is -0.830. The van der Waals surface area contributed by atoms with Crippen LogP contribution in [0.3, 0.4) is 0 Å². The van der Waals surface area contributed by atoms with Gasteiger partial charge in [0, 0.05) is 12.6 Å². The first kappa shape index (κ1) is 19.2. The van der Waals surface area contributed by atoms with Crippen molar-refractivity contribution in [1.29, 1.82) is 0 Å². The van der Waals surface area contributed by atoms with E-state index in [9.17, 15) is 8.42 Å². The normalized spacial score (nSPS) is 20.9. The molecule has 1 aliphatic rings. The third kappa shape index (κ3) is 5.75. The van der Waals surface area contributed by atoms with Gasteiger partial charge in [-0.3, -0.25) is 4.99 Å². The minimum Gasteiger partial charge on any atom is -0.357 e. The summed E-state index contributed by atoms with van der Waals surface area (Å²) in [4.78, 5) is 4.71. The third-order valence-corrected chi connectivity index (χ3v) is 5.22. The van der Waals surface area contributed by atoms with Gasteiger partial charge in [-0.2, -0.15) is 0 Å². The largest absolute Gasteiger partial charge is 0.357 e. The maximum Gasteiger partial charge on any atom is 0.191 e. The first-order chi connectivity index (χ1) is 10.0. The maximum absolute atomic E-state index is 12.1. The Morgan fingerprint density at radius 3 is 2.50 bits per heavy atom. The van der Waals surface area contributed by atoms with Gasteiger partial charge in [0.05, 0.1) is 17.2 Å². The minimum atomic E-state index is -3.26. The molecule has 7 heteroatoms. The van der Waals surface area contributed by atoms with E-state index in [4.69, 9.17) is 0 Å². The fourth-order valence-electron chi connectivity index (χ4n) is 2.04. The summed E-state index contributed by atoms with van der Waals surface area (Å²) >= 11 is 0. The van der Waals surface area contributed by atoms with Crippen molar-refractivity contribution in [3.8, 4) is 0 Å². The predicted molar refractivity (Wildman–Crippen MR) is 101 cm³/mol. The fraction of sp³-hybridized carbons (Fsp3) is 0.533. The molecule has 0 bridgehead atoms. The summed E-state index contributed by atoms with van der Waals surface area (Å²) in [5.74, 6) is 1.39. The summed E-state index contributed by atoms with van der Waals surface area (Å²) in [6.07, 6.45) is 1.15. The molecule has 1 fully saturated rings. The van der Waals surface area contributed by atoms with E-state index in [1.807, 2.05) is 6.92 Å². The molecule has 1 saturated carbocycles. The number of hydrogen-bond acceptors (Lipinski definition) is 3. The van der Waals surface area contributed by atoms with Gasteiger partial charge >= 0.3 is 0 Å². The van der Waals surface area contributed by atoms with E-state index in [1.165, 1.54) is 0 Å². The molecular weight excluding hydrogens is 413 g/mol. The highest BCUT2D eigenvalue weighted by molar-refractivity contribution is 14.0. The summed E-state index contributed by atoms with van der Waals surface area (Å²) in [5, 5.41) is 6.46. The monoisotopic (exact) mass is 437 g/mol. The average molecular weight is 437 g/mol. The highest BCUT2D eigenvalue weighted by atomic mass is 127. The van der Waals surface area contributed by atoms with E-state index in [0.717, 1.165) is 13.0 Å². The molecular formula is C15H24IN3O2S. The Morgan fingerprint density at radius 1 is 1.32 bits per heavy atom. The minimum absolute atomic E-state index is 0. The van der Waals surface area contributed by atoms with Crippen LogP contribution in [0.15, 0.2) is 40.2 Å². The molecule has 1 aliphatic carbocycles. The predicted octanol–water partition coefficient (Wildman–Crippen LogP) is 2.04. The quantitative estimate of drug-likeness (QED) is 0.406. The zero-order chi connectivity index (χ0) is 15.3. The Balaban J connectivity index is 0.00000242. The zero-order valence-corrected chi connectivity index (χ0v) is 16.1. The van der Waals surface area contributed by atoms with E-state index in [2.05, 4.69) is 22.5 Å². The second-order valence-electron chi connectivity index (χ2n) is 5.36. The number of rotatable bonds is 6. The summed E-state index contributed by atoms with van der Waals surface area (Å²) in [7, 11) is -3.26. The molecule has 1 aromatic carbocycles. The SMILES string of the molecule is CCNC(=NCCS(=O)(=O)c1ccccc1)NC1CC1C.I. The van der Waals surface area contributed by atoms with E-state index in [0.29, 0.717) is 22.8 Å². The molecule has 2 unspecified atom stereocenters. The van der Waals surface area contributed by atoms with Crippen molar-refractivity contribution in [2.24, 2.45) is 10.9 Å². The lowest BCUT2D eigenvalue weighted by molar-refractivity contribution is 0.596. The maximum atomic E-state index is 12.1. The molecule has 0 amide bonds. The molecule has 0 radical (unpaired) electrons. The lowest BCUT2D eigenvalue weighted by Crippen LogP contribution is -2.39. The highest BCUT2D eigenvalue weighted by Crippen LogP contribution is 2.28. The number of benzene rings is 1. The van der Waals surface area contributed by atoms with Gasteiger partial charge in [0.1, 0.15) is 0 Å². The van der Waals surface area contributed by atoms with Gasteiger partial charge in [0.15, 0.2) is 15.8 Å². The summed E-state index contributed by atoms with van der Waals surface area (Å²) < 4.78 is 24.3. The van der Waals surface area contributed by atoms with Crippen LogP contribution in [0.4, 0.5) is 0 Å². The van der Waals surface area contributed by atoms with Crippen LogP contribution in [0.1, 0.15) is 20.3 Å². The van der Waals surface area contributed by atoms with E-state index >= 15 is 0 Å². The average Bonchev–Trinajstić information content (AvgIpc) is 3.15. The molecule has 22 heavy (non-hydrogen) atoms. The van der Waals surface area contributed by atoms with Crippen molar-refractivity contribution >= 4 is 39.8 Å². The van der Waals surface area contributed by atoms with Crippen molar-refractivity contribution in [2.75, 3.05) is 18.8 Å². The topological polar surface area (TPSA) is 70.6 Å². The molecule has 2 rings (SSSR count). The number of guanidine groups is 1. The van der Waals surface area contributed by atoms with Crippen LogP contribution in [0.25, 0.3) is 0 Å². The number of sulfone groups is 1. The van der Waals surface area contributed by atoms with Crippen LogP contribution in [0.2, 0.25) is 0 Å². The van der Waals surface area contributed by atoms with Gasteiger partial charge in [-0.1, -0.05) is 25.1 Å². The third-order valence-electron chi connectivity index (χ3n) is 3.51. The van der Waals surface area contributed by atoms with Gasteiger partial charge in [-0.25, -0.2) is 8.42 Å². The van der Waals surface area contributed by atoms with Crippen molar-refractivity contribution < 1.29 is 8.42 Å². The fourth-order valence-corrected chi connectivity index (χ4v) is 3.18. The van der Waals surface area contributed by atoms with Gasteiger partial charge in [-0.05, 0) is 31.4 Å². The molecule has 2 atom stereocenters. The first-order valence-electron chi connectivity index (χ1n) is 7.35. The van der Waals surface area contributed by atoms with Crippen LogP contribution in [0, 0.1) is 5.92 Å².